The zero-order chi connectivity index (χ0) is 12.5. The molecule has 0 aliphatic heterocycles. The molecular weight excluding hydrogens is 222 g/mol. The quantitative estimate of drug-likeness (QED) is 0.713. The summed E-state index contributed by atoms with van der Waals surface area (Å²) >= 11 is 0. The van der Waals surface area contributed by atoms with Crippen molar-refractivity contribution < 1.29 is 0 Å². The first-order valence-electron chi connectivity index (χ1n) is 6.20. The Hall–Kier alpha value is -2.08. The van der Waals surface area contributed by atoms with E-state index >= 15 is 0 Å². The predicted octanol–water partition coefficient (Wildman–Crippen LogP) is 2.40. The van der Waals surface area contributed by atoms with E-state index in [-0.39, 0.29) is 0 Å². The second kappa shape index (κ2) is 4.30. The molecule has 0 saturated heterocycles. The third-order valence-corrected chi connectivity index (χ3v) is 3.09. The summed E-state index contributed by atoms with van der Waals surface area (Å²) in [4.78, 5) is 8.74. The maximum atomic E-state index is 4.58. The fourth-order valence-electron chi connectivity index (χ4n) is 2.02. The average molecular weight is 237 g/mol. The van der Waals surface area contributed by atoms with Crippen molar-refractivity contribution in [1.82, 2.24) is 14.5 Å². The van der Waals surface area contributed by atoms with E-state index in [0.717, 1.165) is 17.0 Å². The Labute approximate surface area is 107 Å². The van der Waals surface area contributed by atoms with Crippen LogP contribution in [0.3, 0.4) is 0 Å². The fraction of sp³-hybridized carbons (Fsp3) is 0.333. The van der Waals surface area contributed by atoms with Gasteiger partial charge in [0.15, 0.2) is 0 Å². The Morgan fingerprint density at radius 1 is 1.33 bits per heavy atom. The minimum absolute atomic E-state index is 0.661. The lowest BCUT2D eigenvalue weighted by Crippen LogP contribution is -1.93. The molecule has 0 bridgehead atoms. The lowest BCUT2D eigenvalue weighted by Gasteiger charge is -1.94. The highest BCUT2D eigenvalue weighted by Gasteiger charge is 2.27. The van der Waals surface area contributed by atoms with Crippen LogP contribution in [0, 0.1) is 18.8 Å². The van der Waals surface area contributed by atoms with Crippen LogP contribution in [-0.4, -0.2) is 14.5 Å². The molecule has 90 valence electrons. The van der Waals surface area contributed by atoms with Crippen LogP contribution in [-0.2, 0) is 7.05 Å². The largest absolute Gasteiger partial charge is 0.336 e. The summed E-state index contributed by atoms with van der Waals surface area (Å²) in [5.41, 5.74) is 2.83. The van der Waals surface area contributed by atoms with Gasteiger partial charge in [-0.15, -0.1) is 0 Å². The first kappa shape index (κ1) is 11.0. The highest BCUT2D eigenvalue weighted by Crippen LogP contribution is 2.38. The van der Waals surface area contributed by atoms with Crippen molar-refractivity contribution >= 4 is 0 Å². The van der Waals surface area contributed by atoms with Crippen LogP contribution in [0.4, 0.5) is 0 Å². The first-order chi connectivity index (χ1) is 8.72. The molecule has 18 heavy (non-hydrogen) atoms. The molecule has 1 saturated carbocycles. The van der Waals surface area contributed by atoms with Crippen LogP contribution in [0.5, 0.6) is 0 Å². The molecule has 0 radical (unpaired) electrons. The third-order valence-electron chi connectivity index (χ3n) is 3.09. The van der Waals surface area contributed by atoms with Crippen LogP contribution in [0.2, 0.25) is 0 Å². The summed E-state index contributed by atoms with van der Waals surface area (Å²) in [7, 11) is 2.04. The summed E-state index contributed by atoms with van der Waals surface area (Å²) in [5.74, 6) is 8.09. The zero-order valence-corrected chi connectivity index (χ0v) is 10.6. The van der Waals surface area contributed by atoms with E-state index in [1.165, 1.54) is 18.7 Å². The summed E-state index contributed by atoms with van der Waals surface area (Å²) in [5, 5.41) is 0. The molecule has 2 heterocycles. The first-order valence-corrected chi connectivity index (χ1v) is 6.20. The summed E-state index contributed by atoms with van der Waals surface area (Å²) in [6.07, 6.45) is 6.32. The van der Waals surface area contributed by atoms with Crippen molar-refractivity contribution in [3.63, 3.8) is 0 Å². The predicted molar refractivity (Wildman–Crippen MR) is 70.1 cm³/mol. The van der Waals surface area contributed by atoms with Gasteiger partial charge in [-0.1, -0.05) is 5.92 Å². The standard InChI is InChI=1S/C15H15N3/c1-11-9-12(7-8-16-11)3-6-14-10-18(2)15(17-14)13-4-5-13/h7-10,13H,4-5H2,1-2H3. The number of hydrogen-bond donors (Lipinski definition) is 0. The van der Waals surface area contributed by atoms with Gasteiger partial charge in [-0.3, -0.25) is 4.98 Å². The molecule has 0 aromatic carbocycles. The van der Waals surface area contributed by atoms with Gasteiger partial charge in [0.1, 0.15) is 11.5 Å². The molecule has 3 rings (SSSR count). The molecule has 0 spiro atoms. The maximum absolute atomic E-state index is 4.58. The van der Waals surface area contributed by atoms with Gasteiger partial charge in [-0.05, 0) is 37.8 Å². The van der Waals surface area contributed by atoms with E-state index in [9.17, 15) is 0 Å². The van der Waals surface area contributed by atoms with E-state index in [1.807, 2.05) is 32.3 Å². The summed E-state index contributed by atoms with van der Waals surface area (Å²) < 4.78 is 2.10. The fourth-order valence-corrected chi connectivity index (χ4v) is 2.02. The Kier molecular flexibility index (Phi) is 2.64. The Bertz CT molecular complexity index is 639. The number of imidazole rings is 1. The highest BCUT2D eigenvalue weighted by atomic mass is 15.1. The SMILES string of the molecule is Cc1cc(C#Cc2cn(C)c(C3CC3)n2)ccn1. The topological polar surface area (TPSA) is 30.7 Å². The molecule has 1 fully saturated rings. The van der Waals surface area contributed by atoms with Gasteiger partial charge in [-0.25, -0.2) is 4.98 Å². The Morgan fingerprint density at radius 3 is 2.89 bits per heavy atom. The Balaban J connectivity index is 1.86. The van der Waals surface area contributed by atoms with Crippen molar-refractivity contribution in [3.8, 4) is 11.8 Å². The summed E-state index contributed by atoms with van der Waals surface area (Å²) in [6, 6.07) is 3.91. The molecule has 1 aliphatic carbocycles. The molecule has 2 aromatic heterocycles. The van der Waals surface area contributed by atoms with E-state index in [1.54, 1.807) is 6.20 Å². The lowest BCUT2D eigenvalue weighted by atomic mass is 10.2. The molecule has 0 unspecified atom stereocenters. The van der Waals surface area contributed by atoms with Gasteiger partial charge in [-0.2, -0.15) is 0 Å². The van der Waals surface area contributed by atoms with E-state index in [4.69, 9.17) is 0 Å². The maximum Gasteiger partial charge on any atom is 0.131 e. The van der Waals surface area contributed by atoms with Crippen molar-refractivity contribution in [2.75, 3.05) is 0 Å². The van der Waals surface area contributed by atoms with Crippen LogP contribution < -0.4 is 0 Å². The number of rotatable bonds is 1. The number of nitrogens with zero attached hydrogens (tertiary/aromatic N) is 3. The van der Waals surface area contributed by atoms with Gasteiger partial charge >= 0.3 is 0 Å². The molecule has 0 amide bonds. The number of aryl methyl sites for hydroxylation is 2. The van der Waals surface area contributed by atoms with Gasteiger partial charge in [0.05, 0.1) is 0 Å². The van der Waals surface area contributed by atoms with Crippen LogP contribution >= 0.6 is 0 Å². The Morgan fingerprint density at radius 2 is 2.17 bits per heavy atom. The number of pyridine rings is 1. The normalized spacial score (nSPS) is 14.1. The van der Waals surface area contributed by atoms with Crippen molar-refractivity contribution in [3.05, 3.63) is 47.3 Å². The smallest absolute Gasteiger partial charge is 0.131 e. The molecule has 1 aliphatic rings. The van der Waals surface area contributed by atoms with Crippen LogP contribution in [0.25, 0.3) is 0 Å². The van der Waals surface area contributed by atoms with E-state index < -0.39 is 0 Å². The second-order valence-electron chi connectivity index (χ2n) is 4.81. The van der Waals surface area contributed by atoms with Crippen molar-refractivity contribution in [1.29, 1.82) is 0 Å². The number of aromatic nitrogens is 3. The van der Waals surface area contributed by atoms with Gasteiger partial charge in [0.2, 0.25) is 0 Å². The number of hydrogen-bond acceptors (Lipinski definition) is 2. The van der Waals surface area contributed by atoms with Crippen molar-refractivity contribution in [2.45, 2.75) is 25.7 Å². The third kappa shape index (κ3) is 2.28. The monoisotopic (exact) mass is 237 g/mol. The average Bonchev–Trinajstić information content (AvgIpc) is 3.11. The minimum atomic E-state index is 0.661. The zero-order valence-electron chi connectivity index (χ0n) is 10.6. The summed E-state index contributed by atoms with van der Waals surface area (Å²) in [6.45, 7) is 1.97. The molecule has 0 N–H and O–H groups in total. The minimum Gasteiger partial charge on any atom is -0.336 e. The van der Waals surface area contributed by atoms with Crippen molar-refractivity contribution in [2.24, 2.45) is 7.05 Å². The van der Waals surface area contributed by atoms with Gasteiger partial charge in [0.25, 0.3) is 0 Å². The van der Waals surface area contributed by atoms with E-state index in [0.29, 0.717) is 5.92 Å². The molecule has 3 heteroatoms. The van der Waals surface area contributed by atoms with Gasteiger partial charge < -0.3 is 4.57 Å². The highest BCUT2D eigenvalue weighted by molar-refractivity contribution is 5.40. The second-order valence-corrected chi connectivity index (χ2v) is 4.81. The molecule has 2 aromatic rings. The van der Waals surface area contributed by atoms with E-state index in [2.05, 4.69) is 26.4 Å². The van der Waals surface area contributed by atoms with Crippen LogP contribution in [0.1, 0.15) is 41.5 Å². The van der Waals surface area contributed by atoms with Crippen LogP contribution in [0.15, 0.2) is 24.5 Å². The molecular formula is C15H15N3. The molecule has 3 nitrogen and oxygen atoms in total. The molecule has 0 atom stereocenters. The van der Waals surface area contributed by atoms with Gasteiger partial charge in [0, 0.05) is 36.6 Å². The lowest BCUT2D eigenvalue weighted by molar-refractivity contribution is 0.799.